The number of allylic oxidation sites excluding steroid dienone is 1. The highest BCUT2D eigenvalue weighted by atomic mass is 16.5. The average Bonchev–Trinajstić information content (AvgIpc) is 2.67. The quantitative estimate of drug-likeness (QED) is 0.278. The lowest BCUT2D eigenvalue weighted by Gasteiger charge is -2.06. The molecule has 0 bridgehead atoms. The molecule has 0 saturated carbocycles. The van der Waals surface area contributed by atoms with Gasteiger partial charge in [0.2, 0.25) is 0 Å². The molecule has 0 heterocycles. The number of ether oxygens (including phenoxy) is 1. The summed E-state index contributed by atoms with van der Waals surface area (Å²) in [4.78, 5) is 22.6. The van der Waals surface area contributed by atoms with Crippen LogP contribution in [0.3, 0.4) is 0 Å². The molecule has 5 heteroatoms. The summed E-state index contributed by atoms with van der Waals surface area (Å²) in [5.74, 6) is 0.387. The first kappa shape index (κ1) is 22.0. The van der Waals surface area contributed by atoms with Crippen molar-refractivity contribution >= 4 is 11.5 Å². The minimum absolute atomic E-state index is 0.0245. The van der Waals surface area contributed by atoms with Gasteiger partial charge in [0, 0.05) is 6.42 Å². The highest BCUT2D eigenvalue weighted by molar-refractivity contribution is 5.89. The van der Waals surface area contributed by atoms with Crippen LogP contribution in [0.25, 0.3) is 0 Å². The number of ketones is 1. The number of nitroso groups, excluding NO2 is 1. The summed E-state index contributed by atoms with van der Waals surface area (Å²) >= 11 is 0. The number of carbonyl (C=O) groups excluding carboxylic acids is 1. The van der Waals surface area contributed by atoms with Gasteiger partial charge in [0.05, 0.1) is 13.2 Å². The molecule has 5 nitrogen and oxygen atoms in total. The van der Waals surface area contributed by atoms with E-state index in [-0.39, 0.29) is 11.5 Å². The van der Waals surface area contributed by atoms with E-state index in [0.717, 1.165) is 18.4 Å². The first-order chi connectivity index (χ1) is 12.6. The van der Waals surface area contributed by atoms with E-state index in [2.05, 4.69) is 12.1 Å². The Kier molecular flexibility index (Phi) is 11.2. The van der Waals surface area contributed by atoms with Crippen molar-refractivity contribution in [2.75, 3.05) is 7.11 Å². The molecule has 1 N–H and O–H groups in total. The SMILES string of the molecule is CCCCCCCCC(O)/C=C/C(=O)CCc1ccc(N=O)c(OC)c1. The number of aryl methyl sites for hydroxylation is 1. The Morgan fingerprint density at radius 1 is 1.23 bits per heavy atom. The van der Waals surface area contributed by atoms with Gasteiger partial charge in [-0.25, -0.2) is 0 Å². The molecule has 1 unspecified atom stereocenters. The fourth-order valence-corrected chi connectivity index (χ4v) is 2.75. The van der Waals surface area contributed by atoms with E-state index in [9.17, 15) is 14.8 Å². The van der Waals surface area contributed by atoms with E-state index in [1.54, 1.807) is 24.3 Å². The molecule has 0 fully saturated rings. The Balaban J connectivity index is 2.30. The minimum Gasteiger partial charge on any atom is -0.494 e. The van der Waals surface area contributed by atoms with Gasteiger partial charge in [0.25, 0.3) is 0 Å². The fraction of sp³-hybridized carbons (Fsp3) is 0.571. The zero-order chi connectivity index (χ0) is 19.2. The van der Waals surface area contributed by atoms with Crippen molar-refractivity contribution in [3.05, 3.63) is 40.8 Å². The van der Waals surface area contributed by atoms with Crippen LogP contribution in [0.4, 0.5) is 5.69 Å². The third kappa shape index (κ3) is 8.90. The second-order valence-corrected chi connectivity index (χ2v) is 6.55. The molecular formula is C21H31NO4. The zero-order valence-corrected chi connectivity index (χ0v) is 15.9. The van der Waals surface area contributed by atoms with Crippen molar-refractivity contribution in [3.63, 3.8) is 0 Å². The number of carbonyl (C=O) groups is 1. The van der Waals surface area contributed by atoms with Crippen LogP contribution >= 0.6 is 0 Å². The highest BCUT2D eigenvalue weighted by Gasteiger charge is 2.07. The van der Waals surface area contributed by atoms with Crippen molar-refractivity contribution in [3.8, 4) is 5.75 Å². The number of aliphatic hydroxyl groups excluding tert-OH is 1. The summed E-state index contributed by atoms with van der Waals surface area (Å²) in [5.41, 5.74) is 1.16. The Labute approximate surface area is 156 Å². The lowest BCUT2D eigenvalue weighted by atomic mass is 10.0. The molecule has 0 aliphatic rings. The summed E-state index contributed by atoms with van der Waals surface area (Å²) in [7, 11) is 1.48. The maximum Gasteiger partial charge on any atom is 0.155 e. The number of nitrogens with zero attached hydrogens (tertiary/aromatic N) is 1. The van der Waals surface area contributed by atoms with E-state index in [4.69, 9.17) is 4.74 Å². The normalized spacial score (nSPS) is 12.3. The second-order valence-electron chi connectivity index (χ2n) is 6.55. The molecule has 0 saturated heterocycles. The predicted molar refractivity (Wildman–Crippen MR) is 105 cm³/mol. The maximum atomic E-state index is 11.9. The van der Waals surface area contributed by atoms with Crippen molar-refractivity contribution in [1.29, 1.82) is 0 Å². The van der Waals surface area contributed by atoms with Crippen LogP contribution in [-0.2, 0) is 11.2 Å². The zero-order valence-electron chi connectivity index (χ0n) is 15.9. The van der Waals surface area contributed by atoms with Crippen LogP contribution in [0.1, 0.15) is 63.9 Å². The van der Waals surface area contributed by atoms with Crippen LogP contribution in [0.15, 0.2) is 35.5 Å². The smallest absolute Gasteiger partial charge is 0.155 e. The standard InChI is InChI=1S/C21H31NO4/c1-3-4-5-6-7-8-9-18(23)13-14-19(24)12-10-17-11-15-20(22-25)21(16-17)26-2/h11,13-16,18,23H,3-10,12H2,1-2H3/b14-13+. The maximum absolute atomic E-state index is 11.9. The van der Waals surface area contributed by atoms with E-state index in [1.807, 2.05) is 0 Å². The van der Waals surface area contributed by atoms with Gasteiger partial charge < -0.3 is 9.84 Å². The Morgan fingerprint density at radius 3 is 2.65 bits per heavy atom. The van der Waals surface area contributed by atoms with Crippen molar-refractivity contribution in [2.45, 2.75) is 70.8 Å². The van der Waals surface area contributed by atoms with Crippen molar-refractivity contribution < 1.29 is 14.6 Å². The number of hydrogen-bond donors (Lipinski definition) is 1. The number of benzene rings is 1. The highest BCUT2D eigenvalue weighted by Crippen LogP contribution is 2.28. The van der Waals surface area contributed by atoms with Gasteiger partial charge in [-0.15, -0.1) is 4.91 Å². The molecule has 0 aromatic heterocycles. The van der Waals surface area contributed by atoms with Gasteiger partial charge in [0.1, 0.15) is 11.4 Å². The molecule has 1 rings (SSSR count). The van der Waals surface area contributed by atoms with Gasteiger partial charge in [-0.2, -0.15) is 0 Å². The van der Waals surface area contributed by atoms with Crippen LogP contribution in [0.2, 0.25) is 0 Å². The molecule has 144 valence electrons. The van der Waals surface area contributed by atoms with Gasteiger partial charge >= 0.3 is 0 Å². The molecule has 0 spiro atoms. The molecule has 0 amide bonds. The third-order valence-electron chi connectivity index (χ3n) is 4.36. The fourth-order valence-electron chi connectivity index (χ4n) is 2.75. The average molecular weight is 361 g/mol. The summed E-state index contributed by atoms with van der Waals surface area (Å²) < 4.78 is 5.11. The van der Waals surface area contributed by atoms with Crippen LogP contribution in [-0.4, -0.2) is 24.1 Å². The Bertz CT molecular complexity index is 583. The predicted octanol–water partition coefficient (Wildman–Crippen LogP) is 5.26. The first-order valence-corrected chi connectivity index (χ1v) is 9.50. The van der Waals surface area contributed by atoms with Crippen molar-refractivity contribution in [2.24, 2.45) is 5.18 Å². The summed E-state index contributed by atoms with van der Waals surface area (Å²) in [6.45, 7) is 2.19. The minimum atomic E-state index is -0.553. The molecule has 0 radical (unpaired) electrons. The summed E-state index contributed by atoms with van der Waals surface area (Å²) in [6.07, 6.45) is 11.2. The number of unbranched alkanes of at least 4 members (excludes halogenated alkanes) is 5. The second kappa shape index (κ2) is 13.2. The van der Waals surface area contributed by atoms with E-state index >= 15 is 0 Å². The molecule has 26 heavy (non-hydrogen) atoms. The molecule has 0 aliphatic carbocycles. The van der Waals surface area contributed by atoms with Gasteiger partial charge in [-0.1, -0.05) is 57.6 Å². The molecule has 1 aromatic rings. The number of aliphatic hydroxyl groups is 1. The topological polar surface area (TPSA) is 76.0 Å². The largest absolute Gasteiger partial charge is 0.494 e. The first-order valence-electron chi connectivity index (χ1n) is 9.50. The van der Waals surface area contributed by atoms with Crippen molar-refractivity contribution in [1.82, 2.24) is 0 Å². The van der Waals surface area contributed by atoms with Crippen LogP contribution in [0.5, 0.6) is 5.75 Å². The van der Waals surface area contributed by atoms with E-state index in [1.165, 1.54) is 38.9 Å². The Morgan fingerprint density at radius 2 is 1.96 bits per heavy atom. The van der Waals surface area contributed by atoms with Gasteiger partial charge in [-0.3, -0.25) is 4.79 Å². The van der Waals surface area contributed by atoms with Crippen LogP contribution in [0, 0.1) is 4.91 Å². The van der Waals surface area contributed by atoms with Crippen LogP contribution < -0.4 is 4.74 Å². The lowest BCUT2D eigenvalue weighted by Crippen LogP contribution is -2.04. The van der Waals surface area contributed by atoms with Gasteiger partial charge in [-0.05, 0) is 41.8 Å². The molecular weight excluding hydrogens is 330 g/mol. The lowest BCUT2D eigenvalue weighted by molar-refractivity contribution is -0.114. The molecule has 1 atom stereocenters. The van der Waals surface area contributed by atoms with Gasteiger partial charge in [0.15, 0.2) is 5.78 Å². The molecule has 1 aromatic carbocycles. The van der Waals surface area contributed by atoms with E-state index in [0.29, 0.717) is 25.0 Å². The number of methoxy groups -OCH3 is 1. The molecule has 0 aliphatic heterocycles. The number of hydrogen-bond acceptors (Lipinski definition) is 5. The third-order valence-corrected chi connectivity index (χ3v) is 4.36. The summed E-state index contributed by atoms with van der Waals surface area (Å²) in [5, 5.41) is 12.8. The summed E-state index contributed by atoms with van der Waals surface area (Å²) in [6, 6.07) is 5.08. The number of rotatable bonds is 14. The monoisotopic (exact) mass is 361 g/mol. The Hall–Kier alpha value is -2.01. The van der Waals surface area contributed by atoms with E-state index < -0.39 is 6.10 Å².